The molecule has 5 fully saturated rings. The Kier molecular flexibility index (Phi) is 6.04. The number of likely N-dealkylation sites (tertiary alicyclic amines) is 3. The first-order valence-corrected chi connectivity index (χ1v) is 13.6. The van der Waals surface area contributed by atoms with Crippen LogP contribution in [0.1, 0.15) is 91.4 Å². The smallest absolute Gasteiger partial charge is 0.00961 e. The molecule has 5 aliphatic rings. The highest BCUT2D eigenvalue weighted by atomic mass is 15.3. The van der Waals surface area contributed by atoms with Gasteiger partial charge in [-0.15, -0.1) is 0 Å². The maximum atomic E-state index is 2.91. The van der Waals surface area contributed by atoms with E-state index in [9.17, 15) is 0 Å². The Bertz CT molecular complexity index is 561. The number of nitrogens with zero attached hydrogens (tertiary/aromatic N) is 3. The van der Waals surface area contributed by atoms with Crippen LogP contribution in [0.2, 0.25) is 0 Å². The summed E-state index contributed by atoms with van der Waals surface area (Å²) in [5.41, 5.74) is 2.15. The summed E-state index contributed by atoms with van der Waals surface area (Å²) in [4.78, 5) is 8.41. The molecule has 0 aromatic heterocycles. The standard InChI is InChI=1S/C27H49N3/c1-4-28-15-11-25(12-16-28)7-5-24(6-8-25)30-21-27(22-30)13-17-29(18-14-27)20-26(9-10-26)19-23(2)3/h23-24H,4-22H2,1-3H3. The minimum atomic E-state index is 0.701. The van der Waals surface area contributed by atoms with E-state index in [1.54, 1.807) is 0 Å². The molecule has 0 amide bonds. The summed E-state index contributed by atoms with van der Waals surface area (Å²) in [5.74, 6) is 0.873. The molecule has 0 unspecified atom stereocenters. The molecule has 3 nitrogen and oxygen atoms in total. The molecule has 0 radical (unpaired) electrons. The lowest BCUT2D eigenvalue weighted by Gasteiger charge is -2.58. The second-order valence-electron chi connectivity index (χ2n) is 12.9. The highest BCUT2D eigenvalue weighted by Crippen LogP contribution is 2.53. The Morgan fingerprint density at radius 3 is 1.83 bits per heavy atom. The van der Waals surface area contributed by atoms with E-state index in [1.165, 1.54) is 123 Å². The van der Waals surface area contributed by atoms with E-state index in [-0.39, 0.29) is 0 Å². The average Bonchev–Trinajstić information content (AvgIpc) is 3.46. The first-order chi connectivity index (χ1) is 14.4. The van der Waals surface area contributed by atoms with Crippen LogP contribution >= 0.6 is 0 Å². The third kappa shape index (κ3) is 4.50. The monoisotopic (exact) mass is 415 g/mol. The molecule has 5 rings (SSSR count). The topological polar surface area (TPSA) is 9.72 Å². The Morgan fingerprint density at radius 2 is 1.30 bits per heavy atom. The Balaban J connectivity index is 1.03. The van der Waals surface area contributed by atoms with E-state index in [1.807, 2.05) is 0 Å². The highest BCUT2D eigenvalue weighted by Gasteiger charge is 2.50. The van der Waals surface area contributed by atoms with Gasteiger partial charge in [-0.1, -0.05) is 20.8 Å². The van der Waals surface area contributed by atoms with Gasteiger partial charge in [0.1, 0.15) is 0 Å². The van der Waals surface area contributed by atoms with Crippen molar-refractivity contribution >= 4 is 0 Å². The molecule has 0 aromatic carbocycles. The third-order valence-electron chi connectivity index (χ3n) is 10.2. The fourth-order valence-corrected chi connectivity index (χ4v) is 7.94. The van der Waals surface area contributed by atoms with Gasteiger partial charge in [0, 0.05) is 25.7 Å². The summed E-state index contributed by atoms with van der Waals surface area (Å²) >= 11 is 0. The number of hydrogen-bond donors (Lipinski definition) is 0. The lowest BCUT2D eigenvalue weighted by molar-refractivity contribution is -0.0881. The van der Waals surface area contributed by atoms with Crippen molar-refractivity contribution in [2.45, 2.75) is 97.4 Å². The Morgan fingerprint density at radius 1 is 0.733 bits per heavy atom. The van der Waals surface area contributed by atoms with Crippen molar-refractivity contribution < 1.29 is 0 Å². The van der Waals surface area contributed by atoms with Crippen molar-refractivity contribution in [3.8, 4) is 0 Å². The van der Waals surface area contributed by atoms with Gasteiger partial charge in [-0.2, -0.15) is 0 Å². The minimum Gasteiger partial charge on any atom is -0.304 e. The zero-order valence-electron chi connectivity index (χ0n) is 20.4. The molecule has 0 bridgehead atoms. The third-order valence-corrected chi connectivity index (χ3v) is 10.2. The fourth-order valence-electron chi connectivity index (χ4n) is 7.94. The van der Waals surface area contributed by atoms with Gasteiger partial charge in [0.15, 0.2) is 0 Å². The molecular formula is C27H49N3. The van der Waals surface area contributed by atoms with E-state index < -0.39 is 0 Å². The summed E-state index contributed by atoms with van der Waals surface area (Å²) in [5, 5.41) is 0. The first kappa shape index (κ1) is 21.7. The van der Waals surface area contributed by atoms with Crippen LogP contribution in [0.25, 0.3) is 0 Å². The predicted octanol–water partition coefficient (Wildman–Crippen LogP) is 5.26. The molecule has 0 atom stereocenters. The number of rotatable bonds is 6. The van der Waals surface area contributed by atoms with Crippen molar-refractivity contribution in [1.29, 1.82) is 0 Å². The van der Waals surface area contributed by atoms with Crippen LogP contribution in [0, 0.1) is 22.2 Å². The second-order valence-corrected chi connectivity index (χ2v) is 12.9. The van der Waals surface area contributed by atoms with E-state index in [0.29, 0.717) is 5.41 Å². The minimum absolute atomic E-state index is 0.701. The van der Waals surface area contributed by atoms with E-state index >= 15 is 0 Å². The number of hydrogen-bond acceptors (Lipinski definition) is 3. The second kappa shape index (κ2) is 8.34. The number of piperidine rings is 2. The molecule has 2 spiro atoms. The van der Waals surface area contributed by atoms with Gasteiger partial charge in [-0.3, -0.25) is 4.90 Å². The molecule has 2 saturated carbocycles. The van der Waals surface area contributed by atoms with Crippen LogP contribution in [-0.2, 0) is 0 Å². The van der Waals surface area contributed by atoms with Gasteiger partial charge < -0.3 is 9.80 Å². The van der Waals surface area contributed by atoms with Crippen LogP contribution in [0.15, 0.2) is 0 Å². The van der Waals surface area contributed by atoms with Gasteiger partial charge >= 0.3 is 0 Å². The largest absolute Gasteiger partial charge is 0.304 e. The summed E-state index contributed by atoms with van der Waals surface area (Å²) < 4.78 is 0. The maximum absolute atomic E-state index is 2.91. The molecule has 172 valence electrons. The van der Waals surface area contributed by atoms with Crippen LogP contribution < -0.4 is 0 Å². The van der Waals surface area contributed by atoms with Crippen molar-refractivity contribution in [3.63, 3.8) is 0 Å². The van der Waals surface area contributed by atoms with Crippen LogP contribution in [-0.4, -0.2) is 73.1 Å². The summed E-state index contributed by atoms with van der Waals surface area (Å²) in [6, 6.07) is 0.921. The van der Waals surface area contributed by atoms with Gasteiger partial charge in [0.25, 0.3) is 0 Å². The Hall–Kier alpha value is -0.120. The summed E-state index contributed by atoms with van der Waals surface area (Å²) in [7, 11) is 0. The predicted molar refractivity (Wildman–Crippen MR) is 127 cm³/mol. The molecule has 3 saturated heterocycles. The van der Waals surface area contributed by atoms with E-state index in [0.717, 1.165) is 22.8 Å². The molecule has 3 heteroatoms. The van der Waals surface area contributed by atoms with Gasteiger partial charge in [-0.05, 0) is 126 Å². The van der Waals surface area contributed by atoms with Crippen molar-refractivity contribution in [2.24, 2.45) is 22.2 Å². The molecule has 0 N–H and O–H groups in total. The zero-order chi connectivity index (χ0) is 20.8. The normalized spacial score (nSPS) is 32.0. The summed E-state index contributed by atoms with van der Waals surface area (Å²) in [6.45, 7) is 18.2. The average molecular weight is 416 g/mol. The van der Waals surface area contributed by atoms with Crippen molar-refractivity contribution in [3.05, 3.63) is 0 Å². The first-order valence-electron chi connectivity index (χ1n) is 13.6. The van der Waals surface area contributed by atoms with E-state index in [2.05, 4.69) is 35.5 Å². The molecule has 3 aliphatic heterocycles. The highest BCUT2D eigenvalue weighted by molar-refractivity contribution is 5.04. The Labute approximate surface area is 186 Å². The van der Waals surface area contributed by atoms with Crippen molar-refractivity contribution in [1.82, 2.24) is 14.7 Å². The maximum Gasteiger partial charge on any atom is 0.00961 e. The molecule has 0 aromatic rings. The molecular weight excluding hydrogens is 366 g/mol. The van der Waals surface area contributed by atoms with Crippen LogP contribution in [0.3, 0.4) is 0 Å². The quantitative estimate of drug-likeness (QED) is 0.586. The zero-order valence-corrected chi connectivity index (χ0v) is 20.4. The van der Waals surface area contributed by atoms with Gasteiger partial charge in [0.2, 0.25) is 0 Å². The SMILES string of the molecule is CCN1CCC2(CCC(N3CC4(CCN(CC5(CC(C)C)CC5)CC4)C3)CC2)CC1. The van der Waals surface area contributed by atoms with Gasteiger partial charge in [-0.25, -0.2) is 0 Å². The molecule has 30 heavy (non-hydrogen) atoms. The lowest BCUT2D eigenvalue weighted by Crippen LogP contribution is -2.63. The molecule has 2 aliphatic carbocycles. The lowest BCUT2D eigenvalue weighted by atomic mass is 9.65. The van der Waals surface area contributed by atoms with Crippen LogP contribution in [0.4, 0.5) is 0 Å². The fraction of sp³-hybridized carbons (Fsp3) is 1.00. The van der Waals surface area contributed by atoms with Gasteiger partial charge in [0.05, 0.1) is 0 Å². The summed E-state index contributed by atoms with van der Waals surface area (Å²) in [6.07, 6.45) is 16.4. The van der Waals surface area contributed by atoms with Crippen LogP contribution in [0.5, 0.6) is 0 Å². The molecule has 3 heterocycles. The van der Waals surface area contributed by atoms with Crippen molar-refractivity contribution in [2.75, 3.05) is 52.4 Å². The van der Waals surface area contributed by atoms with E-state index in [4.69, 9.17) is 0 Å².